The van der Waals surface area contributed by atoms with E-state index in [0.717, 1.165) is 6.54 Å². The van der Waals surface area contributed by atoms with E-state index in [1.165, 1.54) is 0 Å². The molecule has 0 spiro atoms. The van der Waals surface area contributed by atoms with Crippen molar-refractivity contribution in [1.82, 2.24) is 5.32 Å². The minimum absolute atomic E-state index is 0.452. The highest BCUT2D eigenvalue weighted by atomic mass is 16.7. The number of carbonyl (C=O) groups excluding carboxylic acids is 1. The summed E-state index contributed by atoms with van der Waals surface area (Å²) in [6.45, 7) is 6.51. The highest BCUT2D eigenvalue weighted by molar-refractivity contribution is 5.60. The van der Waals surface area contributed by atoms with Crippen molar-refractivity contribution in [3.8, 4) is 0 Å². The zero-order valence-corrected chi connectivity index (χ0v) is 9.45. The summed E-state index contributed by atoms with van der Waals surface area (Å²) in [6.07, 6.45) is -1.21. The lowest BCUT2D eigenvalue weighted by molar-refractivity contribution is -0.0670. The Morgan fingerprint density at radius 2 is 2.13 bits per heavy atom. The smallest absolute Gasteiger partial charge is 0.429 e. The molecule has 1 saturated heterocycles. The molecule has 1 aliphatic rings. The lowest BCUT2D eigenvalue weighted by Gasteiger charge is -2.29. The molecule has 5 nitrogen and oxygen atoms in total. The van der Waals surface area contributed by atoms with Gasteiger partial charge in [-0.1, -0.05) is 0 Å². The van der Waals surface area contributed by atoms with Crippen molar-refractivity contribution in [2.45, 2.75) is 45.0 Å². The maximum absolute atomic E-state index is 11.3. The lowest BCUT2D eigenvalue weighted by atomic mass is 10.1. The predicted molar refractivity (Wildman–Crippen MR) is 54.6 cm³/mol. The molecule has 1 rings (SSSR count). The van der Waals surface area contributed by atoms with Crippen LogP contribution in [0.4, 0.5) is 4.79 Å². The molecule has 2 atom stereocenters. The summed E-state index contributed by atoms with van der Waals surface area (Å²) in [4.78, 5) is 11.3. The Morgan fingerprint density at radius 3 is 2.67 bits per heavy atom. The van der Waals surface area contributed by atoms with E-state index in [9.17, 15) is 9.90 Å². The molecule has 88 valence electrons. The van der Waals surface area contributed by atoms with Gasteiger partial charge in [-0.3, -0.25) is 0 Å². The molecule has 0 unspecified atom stereocenters. The Balaban J connectivity index is 2.36. The molecule has 0 aromatic carbocycles. The molecule has 0 amide bonds. The van der Waals surface area contributed by atoms with E-state index in [1.54, 1.807) is 20.8 Å². The van der Waals surface area contributed by atoms with Crippen LogP contribution in [-0.4, -0.2) is 42.2 Å². The van der Waals surface area contributed by atoms with E-state index in [1.807, 2.05) is 0 Å². The van der Waals surface area contributed by atoms with Gasteiger partial charge in [0.05, 0.1) is 0 Å². The van der Waals surface area contributed by atoms with E-state index in [4.69, 9.17) is 9.47 Å². The topological polar surface area (TPSA) is 67.8 Å². The monoisotopic (exact) mass is 217 g/mol. The summed E-state index contributed by atoms with van der Waals surface area (Å²) >= 11 is 0. The Labute approximate surface area is 89.8 Å². The number of rotatable bonds is 1. The second kappa shape index (κ2) is 4.81. The van der Waals surface area contributed by atoms with Crippen LogP contribution in [0.1, 0.15) is 27.2 Å². The number of hydrogen-bond acceptors (Lipinski definition) is 5. The third-order valence-corrected chi connectivity index (χ3v) is 2.03. The highest BCUT2D eigenvalue weighted by Crippen LogP contribution is 2.13. The first-order valence-electron chi connectivity index (χ1n) is 5.17. The Hall–Kier alpha value is -0.810. The summed E-state index contributed by atoms with van der Waals surface area (Å²) in [5.41, 5.74) is -0.561. The number of ether oxygens (including phenoxy) is 2. The van der Waals surface area contributed by atoms with Crippen molar-refractivity contribution in [2.75, 3.05) is 13.1 Å². The van der Waals surface area contributed by atoms with E-state index < -0.39 is 24.0 Å². The van der Waals surface area contributed by atoms with Crippen molar-refractivity contribution in [2.24, 2.45) is 0 Å². The van der Waals surface area contributed by atoms with Crippen molar-refractivity contribution in [1.29, 1.82) is 0 Å². The van der Waals surface area contributed by atoms with Crippen LogP contribution in [0.15, 0.2) is 0 Å². The first-order valence-corrected chi connectivity index (χ1v) is 5.17. The molecule has 1 fully saturated rings. The average molecular weight is 217 g/mol. The van der Waals surface area contributed by atoms with Gasteiger partial charge in [-0.2, -0.15) is 0 Å². The summed E-state index contributed by atoms with van der Waals surface area (Å²) in [5.74, 6) is 0. The van der Waals surface area contributed by atoms with Gasteiger partial charge in [0, 0.05) is 6.54 Å². The molecule has 5 heteroatoms. The summed E-state index contributed by atoms with van der Waals surface area (Å²) in [5, 5.41) is 12.5. The van der Waals surface area contributed by atoms with Crippen molar-refractivity contribution < 1.29 is 19.4 Å². The van der Waals surface area contributed by atoms with Crippen LogP contribution in [0.5, 0.6) is 0 Å². The second-order valence-corrected chi connectivity index (χ2v) is 4.68. The van der Waals surface area contributed by atoms with E-state index in [-0.39, 0.29) is 0 Å². The number of carbonyl (C=O) groups is 1. The molecule has 0 saturated carbocycles. The maximum atomic E-state index is 11.3. The normalized spacial score (nSPS) is 27.2. The third-order valence-electron chi connectivity index (χ3n) is 2.03. The molecule has 0 aromatic rings. The van der Waals surface area contributed by atoms with E-state index >= 15 is 0 Å². The minimum Gasteiger partial charge on any atom is -0.429 e. The molecule has 2 N–H and O–H groups in total. The van der Waals surface area contributed by atoms with Crippen LogP contribution in [0.25, 0.3) is 0 Å². The third kappa shape index (κ3) is 4.48. The van der Waals surface area contributed by atoms with Gasteiger partial charge in [-0.15, -0.1) is 0 Å². The predicted octanol–water partition coefficient (Wildman–Crippen LogP) is 0.661. The molecule has 0 bridgehead atoms. The van der Waals surface area contributed by atoms with Crippen molar-refractivity contribution in [3.05, 3.63) is 0 Å². The Kier molecular flexibility index (Phi) is 3.93. The van der Waals surface area contributed by atoms with Gasteiger partial charge in [0.25, 0.3) is 0 Å². The molecule has 1 heterocycles. The maximum Gasteiger partial charge on any atom is 0.509 e. The van der Waals surface area contributed by atoms with Crippen LogP contribution in [0.2, 0.25) is 0 Å². The van der Waals surface area contributed by atoms with Gasteiger partial charge in [0.1, 0.15) is 17.8 Å². The van der Waals surface area contributed by atoms with Crippen LogP contribution in [0.3, 0.4) is 0 Å². The molecular weight excluding hydrogens is 198 g/mol. The first-order chi connectivity index (χ1) is 6.88. The number of β-amino-alcohol motifs (C(OH)–C–C–N with tert-alkyl or cyclic N) is 1. The Morgan fingerprint density at radius 1 is 1.47 bits per heavy atom. The van der Waals surface area contributed by atoms with Gasteiger partial charge in [-0.25, -0.2) is 4.79 Å². The molecular formula is C10H19NO4. The zero-order chi connectivity index (χ0) is 11.5. The number of hydrogen-bond donors (Lipinski definition) is 2. The van der Waals surface area contributed by atoms with Crippen molar-refractivity contribution >= 4 is 6.16 Å². The van der Waals surface area contributed by atoms with Gasteiger partial charge < -0.3 is 19.9 Å². The van der Waals surface area contributed by atoms with E-state index in [0.29, 0.717) is 13.0 Å². The summed E-state index contributed by atoms with van der Waals surface area (Å²) < 4.78 is 10.0. The number of nitrogens with one attached hydrogen (secondary N) is 1. The second-order valence-electron chi connectivity index (χ2n) is 4.68. The van der Waals surface area contributed by atoms with Gasteiger partial charge in [-0.05, 0) is 33.7 Å². The molecule has 0 radical (unpaired) electrons. The van der Waals surface area contributed by atoms with Gasteiger partial charge in [0.15, 0.2) is 0 Å². The van der Waals surface area contributed by atoms with Gasteiger partial charge in [0.2, 0.25) is 0 Å². The number of piperidine rings is 1. The van der Waals surface area contributed by atoms with Crippen LogP contribution in [0, 0.1) is 0 Å². The first kappa shape index (κ1) is 12.3. The molecule has 1 aliphatic heterocycles. The molecule has 0 aliphatic carbocycles. The van der Waals surface area contributed by atoms with Crippen molar-refractivity contribution in [3.63, 3.8) is 0 Å². The summed E-state index contributed by atoms with van der Waals surface area (Å²) in [7, 11) is 0. The van der Waals surface area contributed by atoms with Gasteiger partial charge >= 0.3 is 6.16 Å². The van der Waals surface area contributed by atoms with E-state index in [2.05, 4.69) is 5.32 Å². The fourth-order valence-electron chi connectivity index (χ4n) is 1.35. The standard InChI is InChI=1S/C10H19NO4/c1-10(2,3)15-9(13)14-8-4-5-11-6-7(8)12/h7-8,11-12H,4-6H2,1-3H3/t7-,8-/m0/s1. The van der Waals surface area contributed by atoms with Crippen LogP contribution in [-0.2, 0) is 9.47 Å². The summed E-state index contributed by atoms with van der Waals surface area (Å²) in [6, 6.07) is 0. The Bertz CT molecular complexity index is 224. The highest BCUT2D eigenvalue weighted by Gasteiger charge is 2.28. The average Bonchev–Trinajstić information content (AvgIpc) is 2.05. The minimum atomic E-state index is -0.714. The quantitative estimate of drug-likeness (QED) is 0.631. The lowest BCUT2D eigenvalue weighted by Crippen LogP contribution is -2.46. The zero-order valence-electron chi connectivity index (χ0n) is 9.45. The number of aliphatic hydroxyl groups is 1. The molecule has 0 aromatic heterocycles. The van der Waals surface area contributed by atoms with Crippen LogP contribution >= 0.6 is 0 Å². The SMILES string of the molecule is CC(C)(C)OC(=O)O[C@H]1CCNC[C@@H]1O. The molecule has 15 heavy (non-hydrogen) atoms. The largest absolute Gasteiger partial charge is 0.509 e. The van der Waals surface area contributed by atoms with Crippen LogP contribution < -0.4 is 5.32 Å². The number of aliphatic hydroxyl groups excluding tert-OH is 1. The fraction of sp³-hybridized carbons (Fsp3) is 0.900. The fourth-order valence-corrected chi connectivity index (χ4v) is 1.35.